The molecule has 4 heteroatoms. The normalized spacial score (nSPS) is 23.4. The summed E-state index contributed by atoms with van der Waals surface area (Å²) in [5.41, 5.74) is 16.8. The van der Waals surface area contributed by atoms with Gasteiger partial charge < -0.3 is 9.88 Å². The molecule has 0 amide bonds. The van der Waals surface area contributed by atoms with Gasteiger partial charge in [-0.05, 0) is 126 Å². The summed E-state index contributed by atoms with van der Waals surface area (Å²) in [7, 11) is 0. The second-order valence-corrected chi connectivity index (χ2v) is 15.9. The number of nitrogens with zero attached hydrogens (tertiary/aromatic N) is 2. The van der Waals surface area contributed by atoms with Gasteiger partial charge in [0.05, 0.1) is 10.9 Å². The minimum Gasteiger partial charge on any atom is -0.350 e. The number of benzene rings is 4. The van der Waals surface area contributed by atoms with E-state index in [9.17, 15) is 0 Å². The van der Waals surface area contributed by atoms with E-state index >= 15 is 0 Å². The molecule has 1 aromatic heterocycles. The van der Waals surface area contributed by atoms with Crippen LogP contribution >= 0.6 is 0 Å². The van der Waals surface area contributed by atoms with E-state index in [1.54, 1.807) is 0 Å². The molecule has 56 heavy (non-hydrogen) atoms. The Bertz CT molecular complexity index is 2640. The van der Waals surface area contributed by atoms with E-state index in [4.69, 9.17) is 4.99 Å². The van der Waals surface area contributed by atoms with Crippen LogP contribution in [0.25, 0.3) is 33.8 Å². The molecule has 2 N–H and O–H groups in total. The number of amidine groups is 1. The fraction of sp³-hybridized carbons (Fsp3) is 0.212. The van der Waals surface area contributed by atoms with Crippen LogP contribution in [0.2, 0.25) is 0 Å². The molecule has 6 aliphatic rings. The Balaban J connectivity index is 1.06. The van der Waals surface area contributed by atoms with Crippen LogP contribution < -0.4 is 10.6 Å². The van der Waals surface area contributed by atoms with Crippen LogP contribution in [0, 0.1) is 0 Å². The summed E-state index contributed by atoms with van der Waals surface area (Å²) in [6.07, 6.45) is 34.0. The molecule has 5 aliphatic carbocycles. The predicted octanol–water partition coefficient (Wildman–Crippen LogP) is 11.3. The molecule has 0 bridgehead atoms. The minimum atomic E-state index is -0.376. The zero-order valence-electron chi connectivity index (χ0n) is 31.7. The number of allylic oxidation sites excluding steroid dienone is 10. The van der Waals surface area contributed by atoms with Crippen LogP contribution in [0.4, 0.5) is 0 Å². The van der Waals surface area contributed by atoms with Crippen molar-refractivity contribution in [2.24, 2.45) is 4.99 Å². The summed E-state index contributed by atoms with van der Waals surface area (Å²) in [6.45, 7) is 0. The van der Waals surface area contributed by atoms with Crippen molar-refractivity contribution in [2.75, 3.05) is 0 Å². The maximum absolute atomic E-state index is 5.29. The third-order valence-corrected chi connectivity index (χ3v) is 12.8. The van der Waals surface area contributed by atoms with E-state index in [-0.39, 0.29) is 17.7 Å². The molecule has 2 heterocycles. The maximum Gasteiger partial charge on any atom is 0.131 e. The summed E-state index contributed by atoms with van der Waals surface area (Å²) < 4.78 is 2.54. The third kappa shape index (κ3) is 5.19. The molecule has 11 rings (SSSR count). The first-order chi connectivity index (χ1) is 27.8. The van der Waals surface area contributed by atoms with Gasteiger partial charge in [0.15, 0.2) is 0 Å². The van der Waals surface area contributed by atoms with Gasteiger partial charge >= 0.3 is 0 Å². The summed E-state index contributed by atoms with van der Waals surface area (Å²) in [5, 5.41) is 8.95. The molecule has 0 spiro atoms. The maximum atomic E-state index is 5.29. The molecular formula is C52H46N4. The molecule has 0 radical (unpaired) electrons. The Hall–Kier alpha value is -5.97. The van der Waals surface area contributed by atoms with E-state index < -0.39 is 0 Å². The standard InChI is InChI=1S/C52H46N4/c1-5-17-35(18-6-1)49-53-50(36-19-7-2-8-20-36)55-51(54-49)37-29-31-40(32-30-37)56-45-28-16-14-26-42(45)48-46(56)34-33-44-47(48)41-25-13-15-27-43(41)52(44,38-21-9-3-10-22-38)39-23-11-4-12-24-39/h1,3,5,7,9-11,13-15,17,19-27,29-34,49-50,53H,2,4,6,8,12,16,18,28H2,(H,54,55). The van der Waals surface area contributed by atoms with Gasteiger partial charge in [-0.1, -0.05) is 127 Å². The van der Waals surface area contributed by atoms with E-state index in [2.05, 4.69) is 173 Å². The zero-order chi connectivity index (χ0) is 37.1. The Morgan fingerprint density at radius 1 is 0.679 bits per heavy atom. The van der Waals surface area contributed by atoms with Gasteiger partial charge in [-0.25, -0.2) is 4.99 Å². The molecule has 274 valence electrons. The molecule has 4 nitrogen and oxygen atoms in total. The molecule has 4 aromatic carbocycles. The van der Waals surface area contributed by atoms with Gasteiger partial charge in [-0.3, -0.25) is 5.32 Å². The Morgan fingerprint density at radius 3 is 2.29 bits per heavy atom. The Kier molecular flexibility index (Phi) is 8.13. The van der Waals surface area contributed by atoms with E-state index in [1.807, 2.05) is 0 Å². The molecule has 5 aromatic rings. The van der Waals surface area contributed by atoms with Crippen LogP contribution in [0.5, 0.6) is 0 Å². The highest BCUT2D eigenvalue weighted by molar-refractivity contribution is 6.09. The minimum absolute atomic E-state index is 0.00979. The van der Waals surface area contributed by atoms with Crippen molar-refractivity contribution in [1.82, 2.24) is 15.2 Å². The van der Waals surface area contributed by atoms with Gasteiger partial charge in [0.1, 0.15) is 18.2 Å². The smallest absolute Gasteiger partial charge is 0.131 e. The van der Waals surface area contributed by atoms with Crippen molar-refractivity contribution >= 4 is 22.8 Å². The lowest BCUT2D eigenvalue weighted by Gasteiger charge is -2.35. The number of hydrogen-bond acceptors (Lipinski definition) is 3. The first-order valence-corrected chi connectivity index (χ1v) is 20.6. The lowest BCUT2D eigenvalue weighted by Crippen LogP contribution is -2.55. The van der Waals surface area contributed by atoms with Gasteiger partial charge in [-0.15, -0.1) is 0 Å². The van der Waals surface area contributed by atoms with E-state index in [0.29, 0.717) is 0 Å². The molecule has 0 saturated heterocycles. The van der Waals surface area contributed by atoms with Crippen LogP contribution in [-0.4, -0.2) is 22.7 Å². The largest absolute Gasteiger partial charge is 0.350 e. The van der Waals surface area contributed by atoms with Gasteiger partial charge in [0.2, 0.25) is 0 Å². The second-order valence-electron chi connectivity index (χ2n) is 15.9. The van der Waals surface area contributed by atoms with Gasteiger partial charge in [0, 0.05) is 27.9 Å². The highest BCUT2D eigenvalue weighted by Gasteiger charge is 2.48. The monoisotopic (exact) mass is 726 g/mol. The second kappa shape index (κ2) is 13.6. The molecule has 3 unspecified atom stereocenters. The number of nitrogens with one attached hydrogen (secondary N) is 2. The molecule has 3 atom stereocenters. The van der Waals surface area contributed by atoms with Crippen molar-refractivity contribution in [3.05, 3.63) is 202 Å². The summed E-state index contributed by atoms with van der Waals surface area (Å²) in [4.78, 5) is 5.29. The molecule has 0 saturated carbocycles. The van der Waals surface area contributed by atoms with Gasteiger partial charge in [-0.2, -0.15) is 0 Å². The third-order valence-electron chi connectivity index (χ3n) is 12.8. The van der Waals surface area contributed by atoms with Crippen molar-refractivity contribution in [1.29, 1.82) is 0 Å². The lowest BCUT2D eigenvalue weighted by atomic mass is 9.66. The van der Waals surface area contributed by atoms with E-state index in [0.717, 1.165) is 62.8 Å². The molecular weight excluding hydrogens is 681 g/mol. The molecule has 1 aliphatic heterocycles. The highest BCUT2D eigenvalue weighted by Crippen LogP contribution is 2.59. The average Bonchev–Trinajstić information content (AvgIpc) is 3.78. The first-order valence-electron chi connectivity index (χ1n) is 20.6. The van der Waals surface area contributed by atoms with Crippen LogP contribution in [-0.2, 0) is 11.8 Å². The summed E-state index contributed by atoms with van der Waals surface area (Å²) in [5.74, 6) is 0.945. The van der Waals surface area contributed by atoms with Crippen LogP contribution in [0.15, 0.2) is 173 Å². The van der Waals surface area contributed by atoms with Crippen molar-refractivity contribution < 1.29 is 0 Å². The Labute approximate surface area is 329 Å². The quantitative estimate of drug-likeness (QED) is 0.183. The lowest BCUT2D eigenvalue weighted by molar-refractivity contribution is 0.457. The number of hydrogen-bond donors (Lipinski definition) is 2. The number of rotatable bonds is 6. The SMILES string of the molecule is C1=CCCC(C2N=C(c3ccc(-n4c5c(c6c7c(ccc64)C(C4=CCCC=C4)(c4ccccc4)c4ccccc4-7)C=CCC5)cc3)NC(C3=CCCC=C3)N2)=C1. The fourth-order valence-electron chi connectivity index (χ4n) is 10.3. The number of aliphatic imine (C=N–C) groups is 1. The van der Waals surface area contributed by atoms with E-state index in [1.165, 1.54) is 72.4 Å². The average molecular weight is 727 g/mol. The van der Waals surface area contributed by atoms with Gasteiger partial charge in [0.25, 0.3) is 0 Å². The zero-order valence-corrected chi connectivity index (χ0v) is 31.7. The van der Waals surface area contributed by atoms with Crippen LogP contribution in [0.3, 0.4) is 0 Å². The van der Waals surface area contributed by atoms with Crippen LogP contribution in [0.1, 0.15) is 78.5 Å². The fourth-order valence-corrected chi connectivity index (χ4v) is 10.3. The molecule has 0 fully saturated rings. The Morgan fingerprint density at radius 2 is 1.48 bits per heavy atom. The van der Waals surface area contributed by atoms with Crippen molar-refractivity contribution in [3.63, 3.8) is 0 Å². The predicted molar refractivity (Wildman–Crippen MR) is 232 cm³/mol. The first kappa shape index (κ1) is 33.4. The highest BCUT2D eigenvalue weighted by atomic mass is 15.3. The number of aromatic nitrogens is 1. The van der Waals surface area contributed by atoms with Crippen molar-refractivity contribution in [3.8, 4) is 16.8 Å². The summed E-state index contributed by atoms with van der Waals surface area (Å²) in [6, 6.07) is 34.4. The summed E-state index contributed by atoms with van der Waals surface area (Å²) >= 11 is 0. The van der Waals surface area contributed by atoms with Crippen molar-refractivity contribution in [2.45, 2.75) is 69.1 Å². The topological polar surface area (TPSA) is 41.4 Å². The number of fused-ring (bicyclic) bond motifs is 7.